The molecule has 1 heterocycles. The Bertz CT molecular complexity index is 897. The molecule has 0 aliphatic carbocycles. The highest BCUT2D eigenvalue weighted by atomic mass is 19.4. The van der Waals surface area contributed by atoms with E-state index in [0.29, 0.717) is 24.1 Å². The molecule has 6 heteroatoms. The van der Waals surface area contributed by atoms with Crippen molar-refractivity contribution < 1.29 is 18.0 Å². The Morgan fingerprint density at radius 2 is 1.89 bits per heavy atom. The number of nitrogens with zero attached hydrogens (tertiary/aromatic N) is 2. The average molecular weight is 386 g/mol. The summed E-state index contributed by atoms with van der Waals surface area (Å²) < 4.78 is 39.4. The van der Waals surface area contributed by atoms with Gasteiger partial charge in [-0.1, -0.05) is 12.1 Å². The van der Waals surface area contributed by atoms with E-state index in [1.807, 2.05) is 12.1 Å². The first-order chi connectivity index (χ1) is 13.3. The number of hydrogen-bond acceptors (Lipinski definition) is 2. The third kappa shape index (κ3) is 4.53. The van der Waals surface area contributed by atoms with Gasteiger partial charge in [-0.2, -0.15) is 18.4 Å². The fraction of sp³-hybridized carbons (Fsp3) is 0.364. The maximum atomic E-state index is 13.1. The standard InChI is InChI=1S/C22H21F3N2O/c1-15-10-18(13-19(11-15)22(23,24)25)21(28)27-9-3-2-4-20(27)12-16-5-7-17(14-26)8-6-16/h5-8,10-11,13,20H,2-4,9,12H2,1H3/t20-/m0/s1. The zero-order valence-corrected chi connectivity index (χ0v) is 15.6. The van der Waals surface area contributed by atoms with Crippen molar-refractivity contribution in [3.63, 3.8) is 0 Å². The van der Waals surface area contributed by atoms with E-state index in [2.05, 4.69) is 6.07 Å². The van der Waals surface area contributed by atoms with Crippen molar-refractivity contribution in [2.24, 2.45) is 0 Å². The van der Waals surface area contributed by atoms with Gasteiger partial charge in [-0.25, -0.2) is 0 Å². The van der Waals surface area contributed by atoms with E-state index in [0.717, 1.165) is 37.0 Å². The van der Waals surface area contributed by atoms with E-state index in [4.69, 9.17) is 5.26 Å². The van der Waals surface area contributed by atoms with Crippen LogP contribution in [0.4, 0.5) is 13.2 Å². The molecule has 0 radical (unpaired) electrons. The molecule has 0 spiro atoms. The molecular formula is C22H21F3N2O. The zero-order chi connectivity index (χ0) is 20.3. The van der Waals surface area contributed by atoms with Gasteiger partial charge in [0.15, 0.2) is 0 Å². The summed E-state index contributed by atoms with van der Waals surface area (Å²) in [7, 11) is 0. The number of alkyl halides is 3. The number of halogens is 3. The second-order valence-corrected chi connectivity index (χ2v) is 7.25. The minimum atomic E-state index is -4.48. The van der Waals surface area contributed by atoms with E-state index in [-0.39, 0.29) is 17.5 Å². The minimum Gasteiger partial charge on any atom is -0.335 e. The third-order valence-electron chi connectivity index (χ3n) is 5.09. The summed E-state index contributed by atoms with van der Waals surface area (Å²) >= 11 is 0. The molecule has 28 heavy (non-hydrogen) atoms. The monoisotopic (exact) mass is 386 g/mol. The van der Waals surface area contributed by atoms with Crippen molar-refractivity contribution in [3.05, 3.63) is 70.3 Å². The van der Waals surface area contributed by atoms with E-state index in [9.17, 15) is 18.0 Å². The summed E-state index contributed by atoms with van der Waals surface area (Å²) in [5.41, 5.74) is 1.28. The van der Waals surface area contributed by atoms with Crippen molar-refractivity contribution >= 4 is 5.91 Å². The van der Waals surface area contributed by atoms with Crippen molar-refractivity contribution in [2.45, 2.75) is 44.8 Å². The summed E-state index contributed by atoms with van der Waals surface area (Å²) in [5, 5.41) is 8.91. The van der Waals surface area contributed by atoms with Crippen LogP contribution in [0.15, 0.2) is 42.5 Å². The van der Waals surface area contributed by atoms with Crippen LogP contribution < -0.4 is 0 Å². The molecule has 0 bridgehead atoms. The van der Waals surface area contributed by atoms with E-state index >= 15 is 0 Å². The second kappa shape index (κ2) is 8.05. The first kappa shape index (κ1) is 19.9. The largest absolute Gasteiger partial charge is 0.416 e. The number of piperidine rings is 1. The lowest BCUT2D eigenvalue weighted by Crippen LogP contribution is -2.45. The quantitative estimate of drug-likeness (QED) is 0.735. The normalized spacial score (nSPS) is 17.2. The lowest BCUT2D eigenvalue weighted by molar-refractivity contribution is -0.137. The number of nitriles is 1. The molecule has 0 unspecified atom stereocenters. The maximum Gasteiger partial charge on any atom is 0.416 e. The van der Waals surface area contributed by atoms with Gasteiger partial charge in [0, 0.05) is 18.2 Å². The van der Waals surface area contributed by atoms with Crippen LogP contribution in [0.3, 0.4) is 0 Å². The predicted octanol–water partition coefficient (Wildman–Crippen LogP) is 5.12. The van der Waals surface area contributed by atoms with Gasteiger partial charge >= 0.3 is 6.18 Å². The van der Waals surface area contributed by atoms with Gasteiger partial charge in [0.05, 0.1) is 17.2 Å². The van der Waals surface area contributed by atoms with Crippen molar-refractivity contribution in [1.82, 2.24) is 4.90 Å². The first-order valence-corrected chi connectivity index (χ1v) is 9.27. The van der Waals surface area contributed by atoms with Crippen LogP contribution in [0.25, 0.3) is 0 Å². The highest BCUT2D eigenvalue weighted by molar-refractivity contribution is 5.95. The van der Waals surface area contributed by atoms with Crippen LogP contribution in [0.5, 0.6) is 0 Å². The van der Waals surface area contributed by atoms with Crippen LogP contribution in [0.1, 0.15) is 51.9 Å². The number of hydrogen-bond donors (Lipinski definition) is 0. The lowest BCUT2D eigenvalue weighted by Gasteiger charge is -2.36. The Labute approximate surface area is 162 Å². The Hall–Kier alpha value is -2.81. The molecule has 2 aromatic rings. The van der Waals surface area contributed by atoms with Crippen molar-refractivity contribution in [1.29, 1.82) is 5.26 Å². The predicted molar refractivity (Wildman–Crippen MR) is 99.7 cm³/mol. The number of aryl methyl sites for hydroxylation is 1. The Morgan fingerprint density at radius 1 is 1.18 bits per heavy atom. The fourth-order valence-corrected chi connectivity index (χ4v) is 3.70. The molecule has 2 aromatic carbocycles. The summed E-state index contributed by atoms with van der Waals surface area (Å²) in [6.45, 7) is 2.10. The molecule has 3 rings (SSSR count). The topological polar surface area (TPSA) is 44.1 Å². The minimum absolute atomic E-state index is 0.0657. The number of benzene rings is 2. The molecule has 1 atom stereocenters. The van der Waals surface area contributed by atoms with Crippen LogP contribution in [-0.4, -0.2) is 23.4 Å². The van der Waals surface area contributed by atoms with Crippen LogP contribution in [-0.2, 0) is 12.6 Å². The summed E-state index contributed by atoms with van der Waals surface area (Å²) in [6.07, 6.45) is -1.23. The van der Waals surface area contributed by atoms with Crippen molar-refractivity contribution in [2.75, 3.05) is 6.54 Å². The SMILES string of the molecule is Cc1cc(C(=O)N2CCCC[C@H]2Cc2ccc(C#N)cc2)cc(C(F)(F)F)c1. The van der Waals surface area contributed by atoms with E-state index in [1.165, 1.54) is 6.07 Å². The summed E-state index contributed by atoms with van der Waals surface area (Å²) in [4.78, 5) is 14.8. The molecule has 146 valence electrons. The van der Waals surface area contributed by atoms with Gasteiger partial charge in [0.25, 0.3) is 5.91 Å². The van der Waals surface area contributed by atoms with Gasteiger partial charge in [-0.3, -0.25) is 4.79 Å². The molecule has 1 amide bonds. The third-order valence-corrected chi connectivity index (χ3v) is 5.09. The molecule has 1 aliphatic rings. The molecule has 3 nitrogen and oxygen atoms in total. The molecular weight excluding hydrogens is 365 g/mol. The Kier molecular flexibility index (Phi) is 5.73. The first-order valence-electron chi connectivity index (χ1n) is 9.27. The highest BCUT2D eigenvalue weighted by Crippen LogP contribution is 2.31. The van der Waals surface area contributed by atoms with Crippen LogP contribution in [0, 0.1) is 18.3 Å². The summed E-state index contributed by atoms with van der Waals surface area (Å²) in [6, 6.07) is 12.7. The zero-order valence-electron chi connectivity index (χ0n) is 15.6. The fourth-order valence-electron chi connectivity index (χ4n) is 3.70. The van der Waals surface area contributed by atoms with Crippen LogP contribution in [0.2, 0.25) is 0 Å². The van der Waals surface area contributed by atoms with Gasteiger partial charge < -0.3 is 4.90 Å². The Morgan fingerprint density at radius 3 is 2.54 bits per heavy atom. The lowest BCUT2D eigenvalue weighted by atomic mass is 9.94. The Balaban J connectivity index is 1.84. The average Bonchev–Trinajstić information content (AvgIpc) is 2.67. The summed E-state index contributed by atoms with van der Waals surface area (Å²) in [5.74, 6) is -0.354. The molecule has 1 fully saturated rings. The van der Waals surface area contributed by atoms with Gasteiger partial charge in [0.2, 0.25) is 0 Å². The van der Waals surface area contributed by atoms with Gasteiger partial charge in [-0.05, 0) is 74.1 Å². The van der Waals surface area contributed by atoms with E-state index in [1.54, 1.807) is 24.0 Å². The number of amides is 1. The molecule has 1 saturated heterocycles. The van der Waals surface area contributed by atoms with E-state index < -0.39 is 11.7 Å². The van der Waals surface area contributed by atoms with Crippen LogP contribution >= 0.6 is 0 Å². The number of carbonyl (C=O) groups excluding carboxylic acids is 1. The molecule has 0 saturated carbocycles. The second-order valence-electron chi connectivity index (χ2n) is 7.25. The number of rotatable bonds is 3. The van der Waals surface area contributed by atoms with Gasteiger partial charge in [0.1, 0.15) is 0 Å². The molecule has 0 N–H and O–H groups in total. The number of carbonyl (C=O) groups is 1. The highest BCUT2D eigenvalue weighted by Gasteiger charge is 2.33. The van der Waals surface area contributed by atoms with Crippen molar-refractivity contribution in [3.8, 4) is 6.07 Å². The molecule has 1 aliphatic heterocycles. The number of likely N-dealkylation sites (tertiary alicyclic amines) is 1. The molecule has 0 aromatic heterocycles. The smallest absolute Gasteiger partial charge is 0.335 e. The van der Waals surface area contributed by atoms with Gasteiger partial charge in [-0.15, -0.1) is 0 Å². The maximum absolute atomic E-state index is 13.1.